The Labute approximate surface area is 186 Å². The lowest BCUT2D eigenvalue weighted by Gasteiger charge is -2.22. The van der Waals surface area contributed by atoms with Crippen LogP contribution in [0.2, 0.25) is 0 Å². The Kier molecular flexibility index (Phi) is 7.14. The van der Waals surface area contributed by atoms with Gasteiger partial charge in [-0.05, 0) is 48.4 Å². The smallest absolute Gasteiger partial charge is 0.252 e. The number of methoxy groups -OCH3 is 2. The number of hydrogen-bond donors (Lipinski definition) is 2. The predicted octanol–water partition coefficient (Wildman–Crippen LogP) is 4.03. The lowest BCUT2D eigenvalue weighted by molar-refractivity contribution is -0.118. The monoisotopic (exact) mass is 439 g/mol. The van der Waals surface area contributed by atoms with Gasteiger partial charge in [-0.1, -0.05) is 13.8 Å². The third-order valence-corrected chi connectivity index (χ3v) is 4.96. The number of aromatic nitrogens is 1. The molecule has 168 valence electrons. The summed E-state index contributed by atoms with van der Waals surface area (Å²) in [6, 6.07) is 12.0. The maximum atomic E-state index is 14.4. The standard InChI is InChI=1S/C24H26FN3O4/c1-15(2)22(27-23(29)16-11-18(31-3)14-19(12-16)32-4)24(30)26-21-13-17(7-8-20(21)25)28-9-5-6-10-28/h5-15,22H,1-4H3,(H,26,30)(H,27,29). The zero-order valence-electron chi connectivity index (χ0n) is 18.4. The fourth-order valence-corrected chi connectivity index (χ4v) is 3.18. The Hall–Kier alpha value is -3.81. The van der Waals surface area contributed by atoms with Crippen LogP contribution in [0.25, 0.3) is 5.69 Å². The van der Waals surface area contributed by atoms with Gasteiger partial charge >= 0.3 is 0 Å². The summed E-state index contributed by atoms with van der Waals surface area (Å²) in [5.41, 5.74) is 1.00. The number of rotatable bonds is 8. The van der Waals surface area contributed by atoms with Crippen molar-refractivity contribution < 1.29 is 23.5 Å². The molecule has 0 aliphatic carbocycles. The molecular weight excluding hydrogens is 413 g/mol. The minimum Gasteiger partial charge on any atom is -0.497 e. The number of ether oxygens (including phenoxy) is 2. The molecule has 3 rings (SSSR count). The van der Waals surface area contributed by atoms with Crippen molar-refractivity contribution in [2.75, 3.05) is 19.5 Å². The number of benzene rings is 2. The van der Waals surface area contributed by atoms with Gasteiger partial charge in [0.25, 0.3) is 5.91 Å². The number of anilines is 1. The molecule has 8 heteroatoms. The second-order valence-electron chi connectivity index (χ2n) is 7.54. The molecule has 0 saturated carbocycles. The number of hydrogen-bond acceptors (Lipinski definition) is 4. The second kappa shape index (κ2) is 10.00. The van der Waals surface area contributed by atoms with Crippen LogP contribution < -0.4 is 20.1 Å². The van der Waals surface area contributed by atoms with Gasteiger partial charge in [-0.15, -0.1) is 0 Å². The van der Waals surface area contributed by atoms with E-state index in [0.29, 0.717) is 17.2 Å². The maximum absolute atomic E-state index is 14.4. The molecule has 0 saturated heterocycles. The largest absolute Gasteiger partial charge is 0.497 e. The van der Waals surface area contributed by atoms with E-state index in [-0.39, 0.29) is 17.2 Å². The van der Waals surface area contributed by atoms with Gasteiger partial charge < -0.3 is 24.7 Å². The molecule has 1 unspecified atom stereocenters. The summed E-state index contributed by atoms with van der Waals surface area (Å²) >= 11 is 0. The molecule has 0 radical (unpaired) electrons. The van der Waals surface area contributed by atoms with E-state index in [4.69, 9.17) is 9.47 Å². The van der Waals surface area contributed by atoms with Crippen LogP contribution in [-0.4, -0.2) is 36.6 Å². The maximum Gasteiger partial charge on any atom is 0.252 e. The minimum atomic E-state index is -0.894. The molecule has 2 aromatic carbocycles. The fraction of sp³-hybridized carbons (Fsp3) is 0.250. The Morgan fingerprint density at radius 1 is 0.969 bits per heavy atom. The van der Waals surface area contributed by atoms with Crippen molar-refractivity contribution in [1.29, 1.82) is 0 Å². The number of nitrogens with zero attached hydrogens (tertiary/aromatic N) is 1. The fourth-order valence-electron chi connectivity index (χ4n) is 3.18. The predicted molar refractivity (Wildman–Crippen MR) is 120 cm³/mol. The van der Waals surface area contributed by atoms with Crippen molar-refractivity contribution in [3.05, 3.63) is 72.3 Å². The Morgan fingerprint density at radius 3 is 2.16 bits per heavy atom. The first-order valence-electron chi connectivity index (χ1n) is 10.1. The highest BCUT2D eigenvalue weighted by atomic mass is 19.1. The first kappa shape index (κ1) is 22.9. The van der Waals surface area contributed by atoms with E-state index in [0.717, 1.165) is 0 Å². The Morgan fingerprint density at radius 2 is 1.59 bits per heavy atom. The third-order valence-electron chi connectivity index (χ3n) is 4.96. The van der Waals surface area contributed by atoms with Gasteiger partial charge in [0.2, 0.25) is 5.91 Å². The molecule has 1 aromatic heterocycles. The van der Waals surface area contributed by atoms with Crippen molar-refractivity contribution >= 4 is 17.5 Å². The summed E-state index contributed by atoms with van der Waals surface area (Å²) in [6.07, 6.45) is 3.64. The van der Waals surface area contributed by atoms with E-state index in [9.17, 15) is 14.0 Å². The van der Waals surface area contributed by atoms with E-state index in [1.54, 1.807) is 48.7 Å². The van der Waals surface area contributed by atoms with Gasteiger partial charge in [0.1, 0.15) is 23.4 Å². The first-order chi connectivity index (χ1) is 15.3. The summed E-state index contributed by atoms with van der Waals surface area (Å²) in [5, 5.41) is 5.33. The lowest BCUT2D eigenvalue weighted by atomic mass is 10.0. The molecule has 0 bridgehead atoms. The van der Waals surface area contributed by atoms with Gasteiger partial charge in [0.15, 0.2) is 0 Å². The number of carbonyl (C=O) groups is 2. The van der Waals surface area contributed by atoms with Gasteiger partial charge in [0, 0.05) is 29.7 Å². The topological polar surface area (TPSA) is 81.6 Å². The third kappa shape index (κ3) is 5.26. The Balaban J connectivity index is 1.80. The molecule has 0 spiro atoms. The van der Waals surface area contributed by atoms with Crippen LogP contribution in [0.3, 0.4) is 0 Å². The molecule has 0 aliphatic rings. The van der Waals surface area contributed by atoms with Crippen molar-refractivity contribution in [3.8, 4) is 17.2 Å². The highest BCUT2D eigenvalue weighted by Gasteiger charge is 2.26. The normalized spacial score (nSPS) is 11.7. The average Bonchev–Trinajstić information content (AvgIpc) is 3.33. The quantitative estimate of drug-likeness (QED) is 0.555. The molecule has 0 aliphatic heterocycles. The summed E-state index contributed by atoms with van der Waals surface area (Å²) in [7, 11) is 2.97. The van der Waals surface area contributed by atoms with Gasteiger partial charge in [-0.2, -0.15) is 0 Å². The molecule has 1 heterocycles. The Bertz CT molecular complexity index is 1070. The van der Waals surface area contributed by atoms with Crippen molar-refractivity contribution in [3.63, 3.8) is 0 Å². The minimum absolute atomic E-state index is 0.0316. The zero-order valence-corrected chi connectivity index (χ0v) is 18.4. The zero-order chi connectivity index (χ0) is 23.3. The van der Waals surface area contributed by atoms with Crippen molar-refractivity contribution in [1.82, 2.24) is 9.88 Å². The molecule has 0 fully saturated rings. The van der Waals surface area contributed by atoms with Crippen LogP contribution in [0.4, 0.5) is 10.1 Å². The van der Waals surface area contributed by atoms with E-state index in [2.05, 4.69) is 10.6 Å². The molecule has 7 nitrogen and oxygen atoms in total. The average molecular weight is 439 g/mol. The summed E-state index contributed by atoms with van der Waals surface area (Å²) in [6.45, 7) is 3.59. The summed E-state index contributed by atoms with van der Waals surface area (Å²) in [4.78, 5) is 25.8. The molecular formula is C24H26FN3O4. The number of nitrogens with one attached hydrogen (secondary N) is 2. The molecule has 1 atom stereocenters. The van der Waals surface area contributed by atoms with Crippen LogP contribution >= 0.6 is 0 Å². The second-order valence-corrected chi connectivity index (χ2v) is 7.54. The van der Waals surface area contributed by atoms with Crippen LogP contribution in [-0.2, 0) is 4.79 Å². The van der Waals surface area contributed by atoms with Crippen LogP contribution in [0.1, 0.15) is 24.2 Å². The van der Waals surface area contributed by atoms with E-state index in [1.165, 1.54) is 20.3 Å². The number of halogens is 1. The first-order valence-corrected chi connectivity index (χ1v) is 10.1. The molecule has 2 amide bonds. The van der Waals surface area contributed by atoms with Gasteiger partial charge in [0.05, 0.1) is 19.9 Å². The van der Waals surface area contributed by atoms with Crippen LogP contribution in [0.5, 0.6) is 11.5 Å². The summed E-state index contributed by atoms with van der Waals surface area (Å²) < 4.78 is 26.6. The molecule has 2 N–H and O–H groups in total. The highest BCUT2D eigenvalue weighted by Crippen LogP contribution is 2.23. The van der Waals surface area contributed by atoms with Crippen LogP contribution in [0, 0.1) is 11.7 Å². The van der Waals surface area contributed by atoms with Crippen LogP contribution in [0.15, 0.2) is 60.9 Å². The van der Waals surface area contributed by atoms with Gasteiger partial charge in [-0.3, -0.25) is 9.59 Å². The van der Waals surface area contributed by atoms with Crippen molar-refractivity contribution in [2.45, 2.75) is 19.9 Å². The lowest BCUT2D eigenvalue weighted by Crippen LogP contribution is -2.47. The van der Waals surface area contributed by atoms with E-state index < -0.39 is 23.7 Å². The van der Waals surface area contributed by atoms with E-state index >= 15 is 0 Å². The van der Waals surface area contributed by atoms with E-state index in [1.807, 2.05) is 24.5 Å². The molecule has 3 aromatic rings. The summed E-state index contributed by atoms with van der Waals surface area (Å²) in [5.74, 6) is -0.917. The van der Waals surface area contributed by atoms with Crippen molar-refractivity contribution in [2.24, 2.45) is 5.92 Å². The number of carbonyl (C=O) groups excluding carboxylic acids is 2. The molecule has 32 heavy (non-hydrogen) atoms. The number of amides is 2. The van der Waals surface area contributed by atoms with Gasteiger partial charge in [-0.25, -0.2) is 4.39 Å². The SMILES string of the molecule is COc1cc(OC)cc(C(=O)NC(C(=O)Nc2cc(-n3cccc3)ccc2F)C(C)C)c1. The highest BCUT2D eigenvalue weighted by molar-refractivity contribution is 6.01.